The van der Waals surface area contributed by atoms with Crippen LogP contribution in [0.2, 0.25) is 0 Å². The van der Waals surface area contributed by atoms with Crippen LogP contribution in [0.3, 0.4) is 0 Å². The van der Waals surface area contributed by atoms with Gasteiger partial charge in [0.25, 0.3) is 0 Å². The van der Waals surface area contributed by atoms with Gasteiger partial charge in [-0.15, -0.1) is 0 Å². The van der Waals surface area contributed by atoms with E-state index in [1.54, 1.807) is 0 Å². The van der Waals surface area contributed by atoms with Crippen LogP contribution in [0.1, 0.15) is 43.0 Å². The first-order valence-electron chi connectivity index (χ1n) is 8.61. The van der Waals surface area contributed by atoms with Crippen molar-refractivity contribution in [1.82, 2.24) is 20.1 Å². The Morgan fingerprint density at radius 3 is 2.83 bits per heavy atom. The van der Waals surface area contributed by atoms with Crippen molar-refractivity contribution in [3.8, 4) is 0 Å². The lowest BCUT2D eigenvalue weighted by Crippen LogP contribution is -2.49. The van der Waals surface area contributed by atoms with Crippen molar-refractivity contribution in [3.05, 3.63) is 47.0 Å². The zero-order valence-corrected chi connectivity index (χ0v) is 15.0. The molecule has 1 aromatic carbocycles. The minimum atomic E-state index is -0.276. The standard InChI is InChI=1S/C19H26N4O/c1-13-7-5-6-8-15(13)11-19(3,4)21-18(24)16-9-10-17-20-14(2)22-23(17)12-16/h5-8,16H,9-12H2,1-4H3,(H,21,24). The van der Waals surface area contributed by atoms with Gasteiger partial charge in [0.1, 0.15) is 11.6 Å². The molecule has 1 unspecified atom stereocenters. The van der Waals surface area contributed by atoms with Crippen LogP contribution in [0.15, 0.2) is 24.3 Å². The summed E-state index contributed by atoms with van der Waals surface area (Å²) in [5.74, 6) is 1.86. The van der Waals surface area contributed by atoms with Crippen molar-refractivity contribution < 1.29 is 4.79 Å². The molecule has 24 heavy (non-hydrogen) atoms. The van der Waals surface area contributed by atoms with Crippen molar-refractivity contribution in [2.24, 2.45) is 5.92 Å². The molecule has 0 saturated carbocycles. The van der Waals surface area contributed by atoms with Gasteiger partial charge in [-0.05, 0) is 51.7 Å². The van der Waals surface area contributed by atoms with E-state index in [-0.39, 0.29) is 17.4 Å². The van der Waals surface area contributed by atoms with Gasteiger partial charge in [-0.25, -0.2) is 9.67 Å². The molecule has 1 amide bonds. The van der Waals surface area contributed by atoms with Gasteiger partial charge in [0.05, 0.1) is 12.5 Å². The van der Waals surface area contributed by atoms with E-state index >= 15 is 0 Å². The smallest absolute Gasteiger partial charge is 0.225 e. The Kier molecular flexibility index (Phi) is 4.43. The number of hydrogen-bond acceptors (Lipinski definition) is 3. The van der Waals surface area contributed by atoms with Crippen molar-refractivity contribution >= 4 is 5.91 Å². The van der Waals surface area contributed by atoms with E-state index in [0.29, 0.717) is 6.54 Å². The number of aryl methyl sites for hydroxylation is 3. The van der Waals surface area contributed by atoms with E-state index in [9.17, 15) is 4.79 Å². The zero-order valence-electron chi connectivity index (χ0n) is 15.0. The van der Waals surface area contributed by atoms with Crippen LogP contribution in [0, 0.1) is 19.8 Å². The Labute approximate surface area is 143 Å². The highest BCUT2D eigenvalue weighted by Crippen LogP contribution is 2.21. The Hall–Kier alpha value is -2.17. The number of aromatic nitrogens is 3. The molecule has 5 heteroatoms. The summed E-state index contributed by atoms with van der Waals surface area (Å²) in [7, 11) is 0. The van der Waals surface area contributed by atoms with Gasteiger partial charge in [-0.1, -0.05) is 24.3 Å². The largest absolute Gasteiger partial charge is 0.351 e. The summed E-state index contributed by atoms with van der Waals surface area (Å²) < 4.78 is 1.89. The number of nitrogens with one attached hydrogen (secondary N) is 1. The lowest BCUT2D eigenvalue weighted by Gasteiger charge is -2.30. The Balaban J connectivity index is 1.65. The van der Waals surface area contributed by atoms with Gasteiger partial charge in [0.15, 0.2) is 0 Å². The van der Waals surface area contributed by atoms with E-state index in [1.807, 2.05) is 17.7 Å². The number of fused-ring (bicyclic) bond motifs is 1. The summed E-state index contributed by atoms with van der Waals surface area (Å²) in [6.45, 7) is 8.81. The lowest BCUT2D eigenvalue weighted by atomic mass is 9.90. The molecule has 3 rings (SSSR count). The maximum Gasteiger partial charge on any atom is 0.225 e. The first-order valence-corrected chi connectivity index (χ1v) is 8.61. The van der Waals surface area contributed by atoms with Gasteiger partial charge < -0.3 is 5.32 Å². The molecular formula is C19H26N4O. The molecule has 0 aliphatic carbocycles. The van der Waals surface area contributed by atoms with Crippen LogP contribution in [0.5, 0.6) is 0 Å². The average Bonchev–Trinajstić information content (AvgIpc) is 2.88. The molecule has 1 aromatic heterocycles. The minimum absolute atomic E-state index is 0.0326. The first-order chi connectivity index (χ1) is 11.3. The van der Waals surface area contributed by atoms with Gasteiger partial charge in [-0.3, -0.25) is 4.79 Å². The van der Waals surface area contributed by atoms with E-state index in [1.165, 1.54) is 11.1 Å². The van der Waals surface area contributed by atoms with Gasteiger partial charge in [-0.2, -0.15) is 5.10 Å². The number of nitrogens with zero attached hydrogens (tertiary/aromatic N) is 3. The van der Waals surface area contributed by atoms with Crippen molar-refractivity contribution in [2.45, 2.75) is 59.0 Å². The number of rotatable bonds is 4. The number of carbonyl (C=O) groups is 1. The molecule has 0 saturated heterocycles. The molecular weight excluding hydrogens is 300 g/mol. The van der Waals surface area contributed by atoms with Gasteiger partial charge >= 0.3 is 0 Å². The van der Waals surface area contributed by atoms with E-state index in [0.717, 1.165) is 30.9 Å². The Morgan fingerprint density at radius 2 is 2.08 bits per heavy atom. The highest BCUT2D eigenvalue weighted by atomic mass is 16.2. The molecule has 2 aromatic rings. The van der Waals surface area contributed by atoms with Crippen LogP contribution in [0.4, 0.5) is 0 Å². The number of hydrogen-bond donors (Lipinski definition) is 1. The number of carbonyl (C=O) groups excluding carboxylic acids is 1. The van der Waals surface area contributed by atoms with Crippen molar-refractivity contribution in [1.29, 1.82) is 0 Å². The lowest BCUT2D eigenvalue weighted by molar-refractivity contribution is -0.127. The van der Waals surface area contributed by atoms with Crippen LogP contribution in [-0.2, 0) is 24.2 Å². The number of benzene rings is 1. The molecule has 1 aliphatic heterocycles. The van der Waals surface area contributed by atoms with Crippen molar-refractivity contribution in [3.63, 3.8) is 0 Å². The van der Waals surface area contributed by atoms with Gasteiger partial charge in [0.2, 0.25) is 5.91 Å². The third kappa shape index (κ3) is 3.66. The molecule has 128 valence electrons. The molecule has 1 aliphatic rings. The Morgan fingerprint density at radius 1 is 1.33 bits per heavy atom. The molecule has 0 fully saturated rings. The third-order valence-corrected chi connectivity index (χ3v) is 4.69. The van der Waals surface area contributed by atoms with Crippen molar-refractivity contribution in [2.75, 3.05) is 0 Å². The summed E-state index contributed by atoms with van der Waals surface area (Å²) in [6.07, 6.45) is 2.48. The topological polar surface area (TPSA) is 59.8 Å². The van der Waals surface area contributed by atoms with Crippen LogP contribution in [0.25, 0.3) is 0 Å². The maximum absolute atomic E-state index is 12.7. The fourth-order valence-electron chi connectivity index (χ4n) is 3.41. The second-order valence-electron chi connectivity index (χ2n) is 7.47. The minimum Gasteiger partial charge on any atom is -0.351 e. The quantitative estimate of drug-likeness (QED) is 0.939. The van der Waals surface area contributed by atoms with E-state index in [2.05, 4.69) is 54.4 Å². The zero-order chi connectivity index (χ0) is 17.3. The second kappa shape index (κ2) is 6.38. The van der Waals surface area contributed by atoms with Crippen LogP contribution >= 0.6 is 0 Å². The third-order valence-electron chi connectivity index (χ3n) is 4.69. The average molecular weight is 326 g/mol. The van der Waals surface area contributed by atoms with Crippen LogP contribution < -0.4 is 5.32 Å². The first kappa shape index (κ1) is 16.7. The molecule has 5 nitrogen and oxygen atoms in total. The molecule has 1 N–H and O–H groups in total. The number of amides is 1. The summed E-state index contributed by atoms with van der Waals surface area (Å²) >= 11 is 0. The fourth-order valence-corrected chi connectivity index (χ4v) is 3.41. The molecule has 1 atom stereocenters. The summed E-state index contributed by atoms with van der Waals surface area (Å²) in [5, 5.41) is 7.62. The fraction of sp³-hybridized carbons (Fsp3) is 0.526. The van der Waals surface area contributed by atoms with E-state index in [4.69, 9.17) is 0 Å². The van der Waals surface area contributed by atoms with E-state index < -0.39 is 0 Å². The monoisotopic (exact) mass is 326 g/mol. The molecule has 0 radical (unpaired) electrons. The second-order valence-corrected chi connectivity index (χ2v) is 7.47. The summed E-state index contributed by atoms with van der Waals surface area (Å²) in [5.41, 5.74) is 2.27. The van der Waals surface area contributed by atoms with Crippen LogP contribution in [-0.4, -0.2) is 26.2 Å². The molecule has 2 heterocycles. The Bertz CT molecular complexity index is 748. The van der Waals surface area contributed by atoms with Gasteiger partial charge in [0, 0.05) is 12.0 Å². The highest BCUT2D eigenvalue weighted by molar-refractivity contribution is 5.79. The summed E-state index contributed by atoms with van der Waals surface area (Å²) in [6, 6.07) is 8.34. The normalized spacial score (nSPS) is 17.4. The SMILES string of the molecule is Cc1nc2n(n1)CC(C(=O)NC(C)(C)Cc1ccccc1C)CC2. The highest BCUT2D eigenvalue weighted by Gasteiger charge is 2.30. The molecule has 0 spiro atoms. The predicted molar refractivity (Wildman–Crippen MR) is 93.7 cm³/mol. The maximum atomic E-state index is 12.7. The summed E-state index contributed by atoms with van der Waals surface area (Å²) in [4.78, 5) is 17.1. The molecule has 0 bridgehead atoms. The predicted octanol–water partition coefficient (Wildman–Crippen LogP) is 2.59.